The zero-order chi connectivity index (χ0) is 13.8. The maximum absolute atomic E-state index is 12.6. The molecule has 0 radical (unpaired) electrons. The van der Waals surface area contributed by atoms with Gasteiger partial charge in [-0.05, 0) is 37.4 Å². The second kappa shape index (κ2) is 6.20. The first-order chi connectivity index (χ1) is 9.17. The molecule has 1 N–H and O–H groups in total. The molecule has 0 spiro atoms. The van der Waals surface area contributed by atoms with Crippen LogP contribution in [0.3, 0.4) is 0 Å². The first kappa shape index (κ1) is 14.1. The number of likely N-dealkylation sites (tertiary alicyclic amines) is 1. The van der Waals surface area contributed by atoms with E-state index in [0.717, 1.165) is 37.1 Å². The molecule has 1 amide bonds. The van der Waals surface area contributed by atoms with E-state index in [4.69, 9.17) is 0 Å². The number of nitrogens with one attached hydrogen (secondary N) is 1. The highest BCUT2D eigenvalue weighted by molar-refractivity contribution is 5.95. The molecule has 1 heterocycles. The summed E-state index contributed by atoms with van der Waals surface area (Å²) in [6.07, 6.45) is 1.95. The van der Waals surface area contributed by atoms with E-state index in [1.54, 1.807) is 0 Å². The van der Waals surface area contributed by atoms with Crippen molar-refractivity contribution in [3.63, 3.8) is 0 Å². The van der Waals surface area contributed by atoms with Gasteiger partial charge < -0.3 is 10.2 Å². The Kier molecular flexibility index (Phi) is 4.59. The molecule has 0 bridgehead atoms. The summed E-state index contributed by atoms with van der Waals surface area (Å²) in [4.78, 5) is 14.6. The van der Waals surface area contributed by atoms with Gasteiger partial charge in [0.2, 0.25) is 0 Å². The van der Waals surface area contributed by atoms with Gasteiger partial charge in [-0.15, -0.1) is 0 Å². The molecule has 2 atom stereocenters. The summed E-state index contributed by atoms with van der Waals surface area (Å²) >= 11 is 0. The predicted octanol–water partition coefficient (Wildman–Crippen LogP) is 2.32. The van der Waals surface area contributed by atoms with Gasteiger partial charge >= 0.3 is 0 Å². The first-order valence-corrected chi connectivity index (χ1v) is 7.21. The molecule has 3 heteroatoms. The number of piperidine rings is 1. The number of benzene rings is 1. The highest BCUT2D eigenvalue weighted by Gasteiger charge is 2.28. The van der Waals surface area contributed by atoms with Gasteiger partial charge in [-0.3, -0.25) is 4.79 Å². The lowest BCUT2D eigenvalue weighted by Gasteiger charge is -2.37. The average Bonchev–Trinajstić information content (AvgIpc) is 2.46. The number of hydrogen-bond donors (Lipinski definition) is 1. The third kappa shape index (κ3) is 2.98. The van der Waals surface area contributed by atoms with E-state index < -0.39 is 0 Å². The Hall–Kier alpha value is -1.35. The second-order valence-electron chi connectivity index (χ2n) is 5.42. The molecular weight excluding hydrogens is 236 g/mol. The minimum atomic E-state index is 0.193. The Morgan fingerprint density at radius 1 is 1.42 bits per heavy atom. The fourth-order valence-electron chi connectivity index (χ4n) is 2.97. The van der Waals surface area contributed by atoms with E-state index >= 15 is 0 Å². The predicted molar refractivity (Wildman–Crippen MR) is 78.4 cm³/mol. The van der Waals surface area contributed by atoms with Crippen LogP contribution < -0.4 is 5.32 Å². The molecule has 1 aromatic carbocycles. The van der Waals surface area contributed by atoms with Crippen LogP contribution in [0.25, 0.3) is 0 Å². The van der Waals surface area contributed by atoms with Crippen molar-refractivity contribution >= 4 is 5.91 Å². The van der Waals surface area contributed by atoms with Gasteiger partial charge in [0.25, 0.3) is 5.91 Å². The van der Waals surface area contributed by atoms with Crippen LogP contribution in [0.2, 0.25) is 0 Å². The fraction of sp³-hybridized carbons (Fsp3) is 0.562. The van der Waals surface area contributed by atoms with E-state index in [1.165, 1.54) is 0 Å². The quantitative estimate of drug-likeness (QED) is 0.904. The van der Waals surface area contributed by atoms with Crippen LogP contribution in [0.1, 0.15) is 36.2 Å². The van der Waals surface area contributed by atoms with Crippen molar-refractivity contribution in [1.29, 1.82) is 0 Å². The number of rotatable bonds is 3. The number of nitrogens with zero attached hydrogens (tertiary/aromatic N) is 1. The summed E-state index contributed by atoms with van der Waals surface area (Å²) in [5, 5.41) is 3.34. The molecule has 1 aliphatic heterocycles. The normalized spacial score (nSPS) is 23.4. The van der Waals surface area contributed by atoms with Gasteiger partial charge in [0, 0.05) is 24.7 Å². The van der Waals surface area contributed by atoms with E-state index in [2.05, 4.69) is 25.2 Å². The van der Waals surface area contributed by atoms with Gasteiger partial charge in [0.15, 0.2) is 0 Å². The van der Waals surface area contributed by atoms with Crippen LogP contribution in [-0.2, 0) is 6.42 Å². The van der Waals surface area contributed by atoms with Gasteiger partial charge in [-0.1, -0.05) is 32.0 Å². The standard InChI is InChI=1S/C16H24N2O/c1-4-13-7-5-6-8-14(13)16(19)18-10-9-15(17-3)12(2)11-18/h5-8,12,15,17H,4,9-11H2,1-3H3. The maximum atomic E-state index is 12.6. The SMILES string of the molecule is CCc1ccccc1C(=O)N1CCC(NC)C(C)C1. The number of carbonyl (C=O) groups is 1. The molecular formula is C16H24N2O. The zero-order valence-corrected chi connectivity index (χ0v) is 12.1. The van der Waals surface area contributed by atoms with Crippen LogP contribution in [0.4, 0.5) is 0 Å². The van der Waals surface area contributed by atoms with Crippen LogP contribution in [-0.4, -0.2) is 37.0 Å². The lowest BCUT2D eigenvalue weighted by atomic mass is 9.93. The second-order valence-corrected chi connectivity index (χ2v) is 5.42. The Morgan fingerprint density at radius 2 is 2.16 bits per heavy atom. The molecule has 1 aromatic rings. The van der Waals surface area contributed by atoms with Crippen molar-refractivity contribution in [1.82, 2.24) is 10.2 Å². The van der Waals surface area contributed by atoms with Crippen LogP contribution in [0.5, 0.6) is 0 Å². The smallest absolute Gasteiger partial charge is 0.254 e. The van der Waals surface area contributed by atoms with Crippen molar-refractivity contribution in [2.75, 3.05) is 20.1 Å². The highest BCUT2D eigenvalue weighted by atomic mass is 16.2. The summed E-state index contributed by atoms with van der Waals surface area (Å²) in [6, 6.07) is 8.50. The molecule has 3 nitrogen and oxygen atoms in total. The summed E-state index contributed by atoms with van der Waals surface area (Å²) in [7, 11) is 2.00. The van der Waals surface area contributed by atoms with Gasteiger partial charge in [0.05, 0.1) is 0 Å². The van der Waals surface area contributed by atoms with Gasteiger partial charge in [0.1, 0.15) is 0 Å². The molecule has 0 aromatic heterocycles. The van der Waals surface area contributed by atoms with E-state index in [9.17, 15) is 4.79 Å². The Morgan fingerprint density at radius 3 is 2.79 bits per heavy atom. The maximum Gasteiger partial charge on any atom is 0.254 e. The Balaban J connectivity index is 2.12. The van der Waals surface area contributed by atoms with Gasteiger partial charge in [-0.25, -0.2) is 0 Å². The van der Waals surface area contributed by atoms with E-state index in [0.29, 0.717) is 12.0 Å². The van der Waals surface area contributed by atoms with Crippen molar-refractivity contribution < 1.29 is 4.79 Å². The van der Waals surface area contributed by atoms with Crippen LogP contribution >= 0.6 is 0 Å². The van der Waals surface area contributed by atoms with Crippen molar-refractivity contribution in [2.45, 2.75) is 32.7 Å². The van der Waals surface area contributed by atoms with Crippen molar-refractivity contribution in [3.05, 3.63) is 35.4 Å². The van der Waals surface area contributed by atoms with Crippen molar-refractivity contribution in [3.8, 4) is 0 Å². The minimum Gasteiger partial charge on any atom is -0.338 e. The molecule has 1 aliphatic rings. The summed E-state index contributed by atoms with van der Waals surface area (Å²) < 4.78 is 0. The summed E-state index contributed by atoms with van der Waals surface area (Å²) in [5.41, 5.74) is 2.02. The monoisotopic (exact) mass is 260 g/mol. The molecule has 1 fully saturated rings. The number of carbonyl (C=O) groups excluding carboxylic acids is 1. The molecule has 19 heavy (non-hydrogen) atoms. The third-order valence-electron chi connectivity index (χ3n) is 4.19. The number of hydrogen-bond acceptors (Lipinski definition) is 2. The third-order valence-corrected chi connectivity index (χ3v) is 4.19. The average molecular weight is 260 g/mol. The Bertz CT molecular complexity index is 444. The lowest BCUT2D eigenvalue weighted by molar-refractivity contribution is 0.0648. The largest absolute Gasteiger partial charge is 0.338 e. The lowest BCUT2D eigenvalue weighted by Crippen LogP contribution is -2.49. The van der Waals surface area contributed by atoms with Crippen LogP contribution in [0, 0.1) is 5.92 Å². The highest BCUT2D eigenvalue weighted by Crippen LogP contribution is 2.20. The van der Waals surface area contributed by atoms with Gasteiger partial charge in [-0.2, -0.15) is 0 Å². The van der Waals surface area contributed by atoms with E-state index in [-0.39, 0.29) is 5.91 Å². The number of amides is 1. The van der Waals surface area contributed by atoms with Crippen LogP contribution in [0.15, 0.2) is 24.3 Å². The van der Waals surface area contributed by atoms with E-state index in [1.807, 2.05) is 30.1 Å². The topological polar surface area (TPSA) is 32.3 Å². The molecule has 2 rings (SSSR count). The molecule has 1 saturated heterocycles. The molecule has 104 valence electrons. The summed E-state index contributed by atoms with van der Waals surface area (Å²) in [6.45, 7) is 6.02. The van der Waals surface area contributed by atoms with Crippen molar-refractivity contribution in [2.24, 2.45) is 5.92 Å². The minimum absolute atomic E-state index is 0.193. The fourth-order valence-corrected chi connectivity index (χ4v) is 2.97. The Labute approximate surface area is 116 Å². The molecule has 2 unspecified atom stereocenters. The summed E-state index contributed by atoms with van der Waals surface area (Å²) in [5.74, 6) is 0.704. The number of aryl methyl sites for hydroxylation is 1. The molecule has 0 saturated carbocycles. The molecule has 0 aliphatic carbocycles. The zero-order valence-electron chi connectivity index (χ0n) is 12.1. The first-order valence-electron chi connectivity index (χ1n) is 7.21.